The molecule has 8 heteroatoms. The second-order valence-electron chi connectivity index (χ2n) is 5.37. The Balaban J connectivity index is 1.98. The first-order valence-electron chi connectivity index (χ1n) is 7.33. The minimum atomic E-state index is -4.59. The standard InChI is InChI=1S/C17H15F5N2O/c1-10(11-6-7-13(18)14(19)8-11)23-9-16(25)24-15-5-3-2-4-12(15)17(20,21)22/h2-8,10,23H,9H2,1H3,(H,24,25)/t10-/m0/s1. The number of carbonyl (C=O) groups is 1. The van der Waals surface area contributed by atoms with Gasteiger partial charge in [0.2, 0.25) is 5.91 Å². The Hall–Kier alpha value is -2.48. The van der Waals surface area contributed by atoms with Gasteiger partial charge in [0.1, 0.15) is 0 Å². The molecule has 0 saturated heterocycles. The molecule has 2 rings (SSSR count). The third-order valence-corrected chi connectivity index (χ3v) is 3.52. The van der Waals surface area contributed by atoms with E-state index in [9.17, 15) is 26.7 Å². The number of benzene rings is 2. The van der Waals surface area contributed by atoms with Crippen LogP contribution in [-0.2, 0) is 11.0 Å². The van der Waals surface area contributed by atoms with E-state index in [0.717, 1.165) is 24.3 Å². The van der Waals surface area contributed by atoms with Crippen LogP contribution in [0.1, 0.15) is 24.1 Å². The molecule has 2 aromatic carbocycles. The minimum Gasteiger partial charge on any atom is -0.324 e. The third kappa shape index (κ3) is 4.99. The number of para-hydroxylation sites is 1. The molecule has 0 saturated carbocycles. The molecule has 0 aliphatic heterocycles. The number of nitrogens with one attached hydrogen (secondary N) is 2. The molecule has 0 aliphatic carbocycles. The highest BCUT2D eigenvalue weighted by Crippen LogP contribution is 2.34. The van der Waals surface area contributed by atoms with Gasteiger partial charge in [0.15, 0.2) is 11.6 Å². The van der Waals surface area contributed by atoms with Crippen LogP contribution in [0.5, 0.6) is 0 Å². The number of alkyl halides is 3. The molecule has 0 aliphatic rings. The normalized spacial score (nSPS) is 12.7. The van der Waals surface area contributed by atoms with Gasteiger partial charge >= 0.3 is 6.18 Å². The SMILES string of the molecule is C[C@H](NCC(=O)Nc1ccccc1C(F)(F)F)c1ccc(F)c(F)c1. The molecule has 0 aromatic heterocycles. The molecule has 0 radical (unpaired) electrons. The van der Waals surface area contributed by atoms with E-state index in [-0.39, 0.29) is 12.2 Å². The Morgan fingerprint density at radius 1 is 1.08 bits per heavy atom. The first-order valence-corrected chi connectivity index (χ1v) is 7.33. The van der Waals surface area contributed by atoms with Crippen LogP contribution in [0.2, 0.25) is 0 Å². The van der Waals surface area contributed by atoms with E-state index < -0.39 is 35.3 Å². The summed E-state index contributed by atoms with van der Waals surface area (Å²) in [6.07, 6.45) is -4.59. The summed E-state index contributed by atoms with van der Waals surface area (Å²) >= 11 is 0. The predicted molar refractivity (Wildman–Crippen MR) is 82.8 cm³/mol. The van der Waals surface area contributed by atoms with E-state index in [0.29, 0.717) is 5.56 Å². The number of amides is 1. The highest BCUT2D eigenvalue weighted by Gasteiger charge is 2.33. The Morgan fingerprint density at radius 3 is 2.40 bits per heavy atom. The zero-order valence-corrected chi connectivity index (χ0v) is 13.1. The lowest BCUT2D eigenvalue weighted by Crippen LogP contribution is -2.30. The maximum Gasteiger partial charge on any atom is 0.418 e. The van der Waals surface area contributed by atoms with Crippen molar-refractivity contribution < 1.29 is 26.7 Å². The van der Waals surface area contributed by atoms with E-state index in [1.165, 1.54) is 18.2 Å². The van der Waals surface area contributed by atoms with Crippen molar-refractivity contribution >= 4 is 11.6 Å². The molecule has 134 valence electrons. The number of rotatable bonds is 5. The van der Waals surface area contributed by atoms with Gasteiger partial charge in [0, 0.05) is 6.04 Å². The average Bonchev–Trinajstić information content (AvgIpc) is 2.54. The molecule has 0 spiro atoms. The summed E-state index contributed by atoms with van der Waals surface area (Å²) in [5.74, 6) is -2.70. The fourth-order valence-electron chi connectivity index (χ4n) is 2.18. The highest BCUT2D eigenvalue weighted by molar-refractivity contribution is 5.93. The highest BCUT2D eigenvalue weighted by atomic mass is 19.4. The van der Waals surface area contributed by atoms with E-state index in [1.54, 1.807) is 6.92 Å². The van der Waals surface area contributed by atoms with Crippen LogP contribution in [0.4, 0.5) is 27.6 Å². The lowest BCUT2D eigenvalue weighted by Gasteiger charge is -2.16. The molecule has 2 N–H and O–H groups in total. The van der Waals surface area contributed by atoms with Gasteiger partial charge in [0.05, 0.1) is 17.8 Å². The first kappa shape index (κ1) is 18.9. The Bertz CT molecular complexity index is 761. The lowest BCUT2D eigenvalue weighted by molar-refractivity contribution is -0.137. The smallest absolute Gasteiger partial charge is 0.324 e. The number of halogens is 5. The van der Waals surface area contributed by atoms with Crippen LogP contribution in [0.25, 0.3) is 0 Å². The van der Waals surface area contributed by atoms with Crippen molar-refractivity contribution in [1.82, 2.24) is 5.32 Å². The summed E-state index contributed by atoms with van der Waals surface area (Å²) in [4.78, 5) is 11.9. The van der Waals surface area contributed by atoms with Gasteiger partial charge in [-0.1, -0.05) is 18.2 Å². The van der Waals surface area contributed by atoms with E-state index in [2.05, 4.69) is 10.6 Å². The van der Waals surface area contributed by atoms with Crippen molar-refractivity contribution in [2.24, 2.45) is 0 Å². The summed E-state index contributed by atoms with van der Waals surface area (Å²) in [5, 5.41) is 4.93. The van der Waals surface area contributed by atoms with E-state index >= 15 is 0 Å². The Morgan fingerprint density at radius 2 is 1.76 bits per heavy atom. The van der Waals surface area contributed by atoms with Crippen molar-refractivity contribution in [3.05, 3.63) is 65.2 Å². The van der Waals surface area contributed by atoms with Crippen molar-refractivity contribution in [2.45, 2.75) is 19.1 Å². The Labute approximate surface area is 140 Å². The quantitative estimate of drug-likeness (QED) is 0.784. The van der Waals surface area contributed by atoms with Gasteiger partial charge in [-0.25, -0.2) is 8.78 Å². The Kier molecular flexibility index (Phi) is 5.73. The average molecular weight is 358 g/mol. The van der Waals surface area contributed by atoms with Gasteiger partial charge in [-0.15, -0.1) is 0 Å². The second kappa shape index (κ2) is 7.60. The fraction of sp³-hybridized carbons (Fsp3) is 0.235. The zero-order chi connectivity index (χ0) is 18.6. The largest absolute Gasteiger partial charge is 0.418 e. The molecule has 25 heavy (non-hydrogen) atoms. The summed E-state index contributed by atoms with van der Waals surface area (Å²) < 4.78 is 64.7. The molecule has 0 unspecified atom stereocenters. The van der Waals surface area contributed by atoms with Gasteiger partial charge in [-0.05, 0) is 36.8 Å². The molecule has 0 bridgehead atoms. The van der Waals surface area contributed by atoms with Crippen LogP contribution >= 0.6 is 0 Å². The van der Waals surface area contributed by atoms with Crippen LogP contribution in [0.3, 0.4) is 0 Å². The van der Waals surface area contributed by atoms with Crippen molar-refractivity contribution in [3.8, 4) is 0 Å². The number of hydrogen-bond acceptors (Lipinski definition) is 2. The molecule has 2 aromatic rings. The second-order valence-corrected chi connectivity index (χ2v) is 5.37. The van der Waals surface area contributed by atoms with Crippen molar-refractivity contribution in [1.29, 1.82) is 0 Å². The topological polar surface area (TPSA) is 41.1 Å². The van der Waals surface area contributed by atoms with Crippen LogP contribution in [-0.4, -0.2) is 12.5 Å². The van der Waals surface area contributed by atoms with Gasteiger partial charge < -0.3 is 10.6 Å². The maximum absolute atomic E-state index is 13.2. The van der Waals surface area contributed by atoms with E-state index in [4.69, 9.17) is 0 Å². The van der Waals surface area contributed by atoms with Gasteiger partial charge in [-0.2, -0.15) is 13.2 Å². The molecular weight excluding hydrogens is 343 g/mol. The maximum atomic E-state index is 13.2. The fourth-order valence-corrected chi connectivity index (χ4v) is 2.18. The van der Waals surface area contributed by atoms with Crippen molar-refractivity contribution in [3.63, 3.8) is 0 Å². The summed E-state index contributed by atoms with van der Waals surface area (Å²) in [6, 6.07) is 7.43. The first-order chi connectivity index (χ1) is 11.7. The van der Waals surface area contributed by atoms with Gasteiger partial charge in [-0.3, -0.25) is 4.79 Å². The summed E-state index contributed by atoms with van der Waals surface area (Å²) in [7, 11) is 0. The number of carbonyl (C=O) groups excluding carboxylic acids is 1. The molecule has 1 atom stereocenters. The third-order valence-electron chi connectivity index (χ3n) is 3.52. The van der Waals surface area contributed by atoms with Crippen LogP contribution in [0, 0.1) is 11.6 Å². The van der Waals surface area contributed by atoms with Crippen LogP contribution < -0.4 is 10.6 Å². The summed E-state index contributed by atoms with van der Waals surface area (Å²) in [6.45, 7) is 1.32. The molecule has 1 amide bonds. The van der Waals surface area contributed by atoms with Crippen LogP contribution in [0.15, 0.2) is 42.5 Å². The lowest BCUT2D eigenvalue weighted by atomic mass is 10.1. The molecule has 3 nitrogen and oxygen atoms in total. The monoisotopic (exact) mass is 358 g/mol. The molecular formula is C17H15F5N2O. The predicted octanol–water partition coefficient (Wildman–Crippen LogP) is 4.27. The minimum absolute atomic E-state index is 0.299. The van der Waals surface area contributed by atoms with E-state index in [1.807, 2.05) is 0 Å². The van der Waals surface area contributed by atoms with Crippen molar-refractivity contribution in [2.75, 3.05) is 11.9 Å². The summed E-state index contributed by atoms with van der Waals surface area (Å²) in [5.41, 5.74) is -0.887. The number of anilines is 1. The molecule has 0 fully saturated rings. The number of hydrogen-bond donors (Lipinski definition) is 2. The zero-order valence-electron chi connectivity index (χ0n) is 13.1. The van der Waals surface area contributed by atoms with Gasteiger partial charge in [0.25, 0.3) is 0 Å². The molecule has 0 heterocycles.